The minimum absolute atomic E-state index is 0.105. The fraction of sp³-hybridized carbons (Fsp3) is 0.615. The summed E-state index contributed by atoms with van der Waals surface area (Å²) in [6.45, 7) is 5.56. The molecule has 0 N–H and O–H groups in total. The summed E-state index contributed by atoms with van der Waals surface area (Å²) < 4.78 is 0. The van der Waals surface area contributed by atoms with Crippen molar-refractivity contribution in [3.8, 4) is 0 Å². The smallest absolute Gasteiger partial charge is 0.255 e. The van der Waals surface area contributed by atoms with Gasteiger partial charge in [-0.05, 0) is 31.7 Å². The molecule has 1 fully saturated rings. The summed E-state index contributed by atoms with van der Waals surface area (Å²) in [6, 6.07) is 1.86. The molecule has 0 bridgehead atoms. The van der Waals surface area contributed by atoms with Gasteiger partial charge in [-0.2, -0.15) is 10.2 Å². The Bertz CT molecular complexity index is 450. The van der Waals surface area contributed by atoms with Gasteiger partial charge in [-0.25, -0.2) is 0 Å². The van der Waals surface area contributed by atoms with Crippen molar-refractivity contribution >= 4 is 21.8 Å². The van der Waals surface area contributed by atoms with Crippen LogP contribution in [0.3, 0.4) is 0 Å². The zero-order valence-corrected chi connectivity index (χ0v) is 12.4. The molecule has 0 aromatic carbocycles. The third-order valence-electron chi connectivity index (χ3n) is 3.35. The van der Waals surface area contributed by atoms with E-state index in [0.29, 0.717) is 5.92 Å². The number of hydrogen-bond donors (Lipinski definition) is 0. The fourth-order valence-electron chi connectivity index (χ4n) is 2.27. The molecule has 1 aliphatic rings. The molecular weight excluding hydrogens is 294 g/mol. The minimum atomic E-state index is 0.105. The Morgan fingerprint density at radius 1 is 1.56 bits per heavy atom. The van der Waals surface area contributed by atoms with Gasteiger partial charge >= 0.3 is 0 Å². The number of alkyl halides is 1. The summed E-state index contributed by atoms with van der Waals surface area (Å²) in [5.41, 5.74) is 2.32. The van der Waals surface area contributed by atoms with Crippen LogP contribution in [0.1, 0.15) is 35.1 Å². The first kappa shape index (κ1) is 13.5. The average Bonchev–Trinajstić information content (AvgIpc) is 2.86. The molecule has 1 aromatic rings. The third-order valence-corrected chi connectivity index (χ3v) is 4.26. The predicted molar refractivity (Wildman–Crippen MR) is 74.0 cm³/mol. The van der Waals surface area contributed by atoms with E-state index in [1.807, 2.05) is 24.8 Å². The van der Waals surface area contributed by atoms with Crippen molar-refractivity contribution in [3.05, 3.63) is 23.0 Å². The number of hydrogen-bond acceptors (Lipinski definition) is 3. The summed E-state index contributed by atoms with van der Waals surface area (Å²) in [5, 5.41) is 9.11. The van der Waals surface area contributed by atoms with Gasteiger partial charge in [0.05, 0.1) is 17.0 Å². The second kappa shape index (κ2) is 5.78. The van der Waals surface area contributed by atoms with Crippen molar-refractivity contribution in [2.45, 2.75) is 26.7 Å². The lowest BCUT2D eigenvalue weighted by atomic mass is 10.1. The van der Waals surface area contributed by atoms with Crippen LogP contribution in [-0.2, 0) is 6.42 Å². The third kappa shape index (κ3) is 2.71. The van der Waals surface area contributed by atoms with Crippen LogP contribution in [0, 0.1) is 12.8 Å². The summed E-state index contributed by atoms with van der Waals surface area (Å²) in [7, 11) is 0. The molecule has 1 aromatic heterocycles. The zero-order chi connectivity index (χ0) is 13.1. The van der Waals surface area contributed by atoms with E-state index in [1.165, 1.54) is 0 Å². The quantitative estimate of drug-likeness (QED) is 0.804. The summed E-state index contributed by atoms with van der Waals surface area (Å²) in [5.74, 6) is 0.684. The van der Waals surface area contributed by atoms with Crippen LogP contribution in [-0.4, -0.2) is 39.4 Å². The number of carbonyl (C=O) groups excluding carboxylic acids is 1. The Labute approximate surface area is 116 Å². The van der Waals surface area contributed by atoms with Gasteiger partial charge in [0.25, 0.3) is 5.91 Å². The Hall–Kier alpha value is -0.970. The molecule has 1 unspecified atom stereocenters. The lowest BCUT2D eigenvalue weighted by molar-refractivity contribution is 0.0786. The molecule has 0 spiro atoms. The van der Waals surface area contributed by atoms with E-state index in [0.717, 1.165) is 48.2 Å². The van der Waals surface area contributed by atoms with E-state index in [-0.39, 0.29) is 5.91 Å². The maximum atomic E-state index is 12.5. The minimum Gasteiger partial charge on any atom is -0.338 e. The first-order valence-electron chi connectivity index (χ1n) is 6.34. The van der Waals surface area contributed by atoms with Gasteiger partial charge < -0.3 is 4.90 Å². The van der Waals surface area contributed by atoms with E-state index in [1.54, 1.807) is 0 Å². The molecule has 2 rings (SSSR count). The predicted octanol–water partition coefficient (Wildman–Crippen LogP) is 2.20. The Morgan fingerprint density at radius 3 is 2.94 bits per heavy atom. The average molecular weight is 312 g/mol. The van der Waals surface area contributed by atoms with Crippen LogP contribution in [0.25, 0.3) is 0 Å². The largest absolute Gasteiger partial charge is 0.338 e. The van der Waals surface area contributed by atoms with Crippen molar-refractivity contribution in [2.75, 3.05) is 18.4 Å². The molecule has 98 valence electrons. The second-order valence-electron chi connectivity index (χ2n) is 4.76. The van der Waals surface area contributed by atoms with Crippen LogP contribution < -0.4 is 0 Å². The maximum absolute atomic E-state index is 12.5. The molecular formula is C13H18BrN3O. The maximum Gasteiger partial charge on any atom is 0.255 e. The van der Waals surface area contributed by atoms with Crippen LogP contribution in [0.4, 0.5) is 0 Å². The van der Waals surface area contributed by atoms with Gasteiger partial charge in [-0.1, -0.05) is 22.9 Å². The highest BCUT2D eigenvalue weighted by Gasteiger charge is 2.27. The number of aromatic nitrogens is 2. The lowest BCUT2D eigenvalue weighted by Gasteiger charge is -2.17. The first-order chi connectivity index (χ1) is 8.65. The zero-order valence-electron chi connectivity index (χ0n) is 10.8. The fourth-order valence-corrected chi connectivity index (χ4v) is 2.80. The van der Waals surface area contributed by atoms with Gasteiger partial charge in [0.15, 0.2) is 0 Å². The highest BCUT2D eigenvalue weighted by Crippen LogP contribution is 2.21. The standard InChI is InChI=1S/C13H18BrN3O/c1-3-12-11(6-9(2)15-16-12)13(18)17-5-4-10(7-14)8-17/h6,10H,3-5,7-8H2,1-2H3. The molecule has 5 heteroatoms. The highest BCUT2D eigenvalue weighted by molar-refractivity contribution is 9.09. The van der Waals surface area contributed by atoms with Crippen molar-refractivity contribution in [1.29, 1.82) is 0 Å². The van der Waals surface area contributed by atoms with Crippen LogP contribution in [0.5, 0.6) is 0 Å². The van der Waals surface area contributed by atoms with Gasteiger partial charge in [-0.15, -0.1) is 0 Å². The van der Waals surface area contributed by atoms with E-state index >= 15 is 0 Å². The van der Waals surface area contributed by atoms with Crippen molar-refractivity contribution in [3.63, 3.8) is 0 Å². The Balaban J connectivity index is 2.21. The van der Waals surface area contributed by atoms with Crippen molar-refractivity contribution < 1.29 is 4.79 Å². The number of halogens is 1. The molecule has 1 aliphatic heterocycles. The molecule has 18 heavy (non-hydrogen) atoms. The number of rotatable bonds is 3. The van der Waals surface area contributed by atoms with Gasteiger partial charge in [0.1, 0.15) is 0 Å². The normalized spacial score (nSPS) is 19.3. The van der Waals surface area contributed by atoms with E-state index in [2.05, 4.69) is 26.1 Å². The number of likely N-dealkylation sites (tertiary alicyclic amines) is 1. The molecule has 1 atom stereocenters. The van der Waals surface area contributed by atoms with E-state index < -0.39 is 0 Å². The summed E-state index contributed by atoms with van der Waals surface area (Å²) in [4.78, 5) is 14.4. The Kier molecular flexibility index (Phi) is 4.32. The molecule has 1 amide bonds. The van der Waals surface area contributed by atoms with Crippen LogP contribution in [0.15, 0.2) is 6.07 Å². The molecule has 1 saturated heterocycles. The SMILES string of the molecule is CCc1nnc(C)cc1C(=O)N1CCC(CBr)C1. The molecule has 4 nitrogen and oxygen atoms in total. The molecule has 2 heterocycles. The van der Waals surface area contributed by atoms with Crippen LogP contribution in [0.2, 0.25) is 0 Å². The van der Waals surface area contributed by atoms with Gasteiger partial charge in [0.2, 0.25) is 0 Å². The number of aryl methyl sites for hydroxylation is 2. The number of nitrogens with zero attached hydrogens (tertiary/aromatic N) is 3. The monoisotopic (exact) mass is 311 g/mol. The van der Waals surface area contributed by atoms with E-state index in [9.17, 15) is 4.79 Å². The summed E-state index contributed by atoms with van der Waals surface area (Å²) in [6.07, 6.45) is 1.82. The van der Waals surface area contributed by atoms with Crippen LogP contribution >= 0.6 is 15.9 Å². The molecule has 0 radical (unpaired) electrons. The topological polar surface area (TPSA) is 46.1 Å². The number of amides is 1. The number of carbonyl (C=O) groups is 1. The highest BCUT2D eigenvalue weighted by atomic mass is 79.9. The summed E-state index contributed by atoms with van der Waals surface area (Å²) >= 11 is 3.49. The molecule has 0 saturated carbocycles. The Morgan fingerprint density at radius 2 is 2.33 bits per heavy atom. The first-order valence-corrected chi connectivity index (χ1v) is 7.46. The second-order valence-corrected chi connectivity index (χ2v) is 5.41. The van der Waals surface area contributed by atoms with Gasteiger partial charge in [-0.3, -0.25) is 4.79 Å². The molecule has 0 aliphatic carbocycles. The van der Waals surface area contributed by atoms with Gasteiger partial charge in [0, 0.05) is 18.4 Å². The van der Waals surface area contributed by atoms with Crippen molar-refractivity contribution in [2.24, 2.45) is 5.92 Å². The lowest BCUT2D eigenvalue weighted by Crippen LogP contribution is -2.30. The van der Waals surface area contributed by atoms with E-state index in [4.69, 9.17) is 0 Å². The van der Waals surface area contributed by atoms with Crippen molar-refractivity contribution in [1.82, 2.24) is 15.1 Å².